The molecular formula is C9H13ClN4O. The molecule has 1 aromatic heterocycles. The quantitative estimate of drug-likeness (QED) is 0.763. The van der Waals surface area contributed by atoms with Gasteiger partial charge in [0, 0.05) is 13.2 Å². The van der Waals surface area contributed by atoms with Gasteiger partial charge in [-0.2, -0.15) is 4.98 Å². The fourth-order valence-electron chi connectivity index (χ4n) is 1.53. The van der Waals surface area contributed by atoms with Crippen LogP contribution in [0.4, 0.5) is 11.5 Å². The van der Waals surface area contributed by atoms with Gasteiger partial charge in [0.05, 0.1) is 18.0 Å². The van der Waals surface area contributed by atoms with E-state index in [1.165, 1.54) is 6.20 Å². The first-order valence-corrected chi connectivity index (χ1v) is 5.27. The van der Waals surface area contributed by atoms with E-state index in [0.717, 1.165) is 19.4 Å². The molecule has 0 saturated carbocycles. The Morgan fingerprint density at radius 3 is 3.27 bits per heavy atom. The van der Waals surface area contributed by atoms with Gasteiger partial charge in [0.15, 0.2) is 5.82 Å². The van der Waals surface area contributed by atoms with Crippen molar-refractivity contribution in [1.82, 2.24) is 9.97 Å². The van der Waals surface area contributed by atoms with Crippen LogP contribution >= 0.6 is 11.6 Å². The molecule has 5 nitrogen and oxygen atoms in total. The minimum atomic E-state index is 0.194. The number of aromatic nitrogens is 2. The molecule has 0 amide bonds. The Labute approximate surface area is 93.0 Å². The highest BCUT2D eigenvalue weighted by Crippen LogP contribution is 2.17. The van der Waals surface area contributed by atoms with Gasteiger partial charge in [0.1, 0.15) is 0 Å². The van der Waals surface area contributed by atoms with E-state index in [-0.39, 0.29) is 11.4 Å². The van der Waals surface area contributed by atoms with Crippen molar-refractivity contribution < 1.29 is 4.74 Å². The van der Waals surface area contributed by atoms with E-state index < -0.39 is 0 Å². The van der Waals surface area contributed by atoms with Crippen molar-refractivity contribution in [2.45, 2.75) is 18.9 Å². The summed E-state index contributed by atoms with van der Waals surface area (Å²) in [6.07, 6.45) is 3.93. The molecule has 1 fully saturated rings. The minimum absolute atomic E-state index is 0.194. The molecule has 82 valence electrons. The lowest BCUT2D eigenvalue weighted by Crippen LogP contribution is -2.19. The van der Waals surface area contributed by atoms with Gasteiger partial charge in [0.25, 0.3) is 0 Å². The Hall–Kier alpha value is -1.07. The maximum Gasteiger partial charge on any atom is 0.224 e. The van der Waals surface area contributed by atoms with Gasteiger partial charge in [0.2, 0.25) is 5.28 Å². The van der Waals surface area contributed by atoms with Gasteiger partial charge < -0.3 is 15.8 Å². The van der Waals surface area contributed by atoms with Crippen LogP contribution in [0.5, 0.6) is 0 Å². The lowest BCUT2D eigenvalue weighted by molar-refractivity contribution is 0.120. The number of rotatable bonds is 3. The molecule has 2 heterocycles. The molecule has 1 aliphatic heterocycles. The van der Waals surface area contributed by atoms with Crippen molar-refractivity contribution in [3.05, 3.63) is 11.5 Å². The van der Waals surface area contributed by atoms with Crippen LogP contribution in [0.3, 0.4) is 0 Å². The molecule has 15 heavy (non-hydrogen) atoms. The molecule has 0 spiro atoms. The molecule has 6 heteroatoms. The molecule has 1 aromatic rings. The summed E-state index contributed by atoms with van der Waals surface area (Å²) in [6, 6.07) is 0. The van der Waals surface area contributed by atoms with Crippen molar-refractivity contribution in [1.29, 1.82) is 0 Å². The second kappa shape index (κ2) is 4.63. The number of nitrogens with one attached hydrogen (secondary N) is 1. The van der Waals surface area contributed by atoms with Crippen LogP contribution < -0.4 is 11.1 Å². The highest BCUT2D eigenvalue weighted by Gasteiger charge is 2.15. The molecule has 0 unspecified atom stereocenters. The predicted molar refractivity (Wildman–Crippen MR) is 58.9 cm³/mol. The van der Waals surface area contributed by atoms with E-state index in [9.17, 15) is 0 Å². The van der Waals surface area contributed by atoms with E-state index in [0.29, 0.717) is 18.1 Å². The van der Waals surface area contributed by atoms with Crippen LogP contribution in [0.25, 0.3) is 0 Å². The zero-order valence-corrected chi connectivity index (χ0v) is 9.00. The van der Waals surface area contributed by atoms with Gasteiger partial charge in [-0.1, -0.05) is 0 Å². The lowest BCUT2D eigenvalue weighted by atomic mass is 10.2. The average Bonchev–Trinajstić information content (AvgIpc) is 2.72. The first kappa shape index (κ1) is 10.4. The number of nitrogen functional groups attached to an aromatic ring is 1. The highest BCUT2D eigenvalue weighted by atomic mass is 35.5. The third kappa shape index (κ3) is 2.70. The van der Waals surface area contributed by atoms with Crippen LogP contribution in [-0.2, 0) is 4.74 Å². The van der Waals surface area contributed by atoms with Gasteiger partial charge in [-0.3, -0.25) is 0 Å². The molecule has 1 atom stereocenters. The number of hydrogen-bond acceptors (Lipinski definition) is 5. The fourth-order valence-corrected chi connectivity index (χ4v) is 1.66. The predicted octanol–water partition coefficient (Wildman–Crippen LogP) is 1.30. The van der Waals surface area contributed by atoms with Crippen LogP contribution in [-0.4, -0.2) is 29.2 Å². The van der Waals surface area contributed by atoms with Crippen LogP contribution in [0.15, 0.2) is 6.20 Å². The summed E-state index contributed by atoms with van der Waals surface area (Å²) in [5.74, 6) is 0.575. The lowest BCUT2D eigenvalue weighted by Gasteiger charge is -2.12. The van der Waals surface area contributed by atoms with Gasteiger partial charge in [-0.15, -0.1) is 0 Å². The van der Waals surface area contributed by atoms with E-state index in [1.807, 2.05) is 0 Å². The highest BCUT2D eigenvalue weighted by molar-refractivity contribution is 6.28. The van der Waals surface area contributed by atoms with Crippen molar-refractivity contribution in [2.24, 2.45) is 0 Å². The summed E-state index contributed by atoms with van der Waals surface area (Å²) >= 11 is 5.66. The number of halogens is 1. The maximum absolute atomic E-state index is 5.69. The zero-order valence-electron chi connectivity index (χ0n) is 8.24. The Kier molecular flexibility index (Phi) is 3.23. The van der Waals surface area contributed by atoms with Gasteiger partial charge in [-0.25, -0.2) is 4.98 Å². The molecule has 0 radical (unpaired) electrons. The summed E-state index contributed by atoms with van der Waals surface area (Å²) in [5, 5.41) is 3.30. The van der Waals surface area contributed by atoms with Crippen molar-refractivity contribution in [2.75, 3.05) is 24.2 Å². The minimum Gasteiger partial charge on any atom is -0.394 e. The fraction of sp³-hybridized carbons (Fsp3) is 0.556. The maximum atomic E-state index is 5.69. The summed E-state index contributed by atoms with van der Waals surface area (Å²) in [6.45, 7) is 1.55. The molecule has 1 saturated heterocycles. The number of ether oxygens (including phenoxy) is 1. The third-order valence-electron chi connectivity index (χ3n) is 2.31. The summed E-state index contributed by atoms with van der Waals surface area (Å²) in [4.78, 5) is 7.77. The van der Waals surface area contributed by atoms with Gasteiger partial charge >= 0.3 is 0 Å². The standard InChI is InChI=1S/C9H13ClN4O/c10-9-13-5-7(11)8(14-9)12-4-6-2-1-3-15-6/h5-6H,1-4,11H2,(H,12,13,14)/t6-/m1/s1. The average molecular weight is 229 g/mol. The summed E-state index contributed by atoms with van der Waals surface area (Å²) < 4.78 is 5.47. The molecule has 0 aromatic carbocycles. The molecule has 2 rings (SSSR count). The smallest absolute Gasteiger partial charge is 0.224 e. The van der Waals surface area contributed by atoms with Crippen LogP contribution in [0.2, 0.25) is 5.28 Å². The Balaban J connectivity index is 1.94. The monoisotopic (exact) mass is 228 g/mol. The normalized spacial score (nSPS) is 20.5. The number of nitrogens with two attached hydrogens (primary N) is 1. The van der Waals surface area contributed by atoms with E-state index in [4.69, 9.17) is 22.1 Å². The first-order valence-electron chi connectivity index (χ1n) is 4.89. The molecule has 0 aliphatic carbocycles. The second-order valence-electron chi connectivity index (χ2n) is 3.46. The van der Waals surface area contributed by atoms with Gasteiger partial charge in [-0.05, 0) is 24.4 Å². The molecular weight excluding hydrogens is 216 g/mol. The SMILES string of the molecule is Nc1cnc(Cl)nc1NC[C@H]1CCCO1. The van der Waals surface area contributed by atoms with Crippen molar-refractivity contribution in [3.63, 3.8) is 0 Å². The number of anilines is 2. The topological polar surface area (TPSA) is 73.1 Å². The van der Waals surface area contributed by atoms with Crippen LogP contribution in [0, 0.1) is 0 Å². The zero-order chi connectivity index (χ0) is 10.7. The van der Waals surface area contributed by atoms with Crippen molar-refractivity contribution >= 4 is 23.1 Å². The van der Waals surface area contributed by atoms with E-state index in [1.54, 1.807) is 0 Å². The first-order chi connectivity index (χ1) is 7.25. The molecule has 1 aliphatic rings. The Bertz CT molecular complexity index is 341. The largest absolute Gasteiger partial charge is 0.394 e. The summed E-state index contributed by atoms with van der Waals surface area (Å²) in [5.41, 5.74) is 6.18. The Morgan fingerprint density at radius 2 is 2.53 bits per heavy atom. The van der Waals surface area contributed by atoms with Crippen molar-refractivity contribution in [3.8, 4) is 0 Å². The molecule has 3 N–H and O–H groups in total. The Morgan fingerprint density at radius 1 is 1.67 bits per heavy atom. The van der Waals surface area contributed by atoms with E-state index in [2.05, 4.69) is 15.3 Å². The third-order valence-corrected chi connectivity index (χ3v) is 2.49. The number of nitrogens with zero attached hydrogens (tertiary/aromatic N) is 2. The number of hydrogen-bond donors (Lipinski definition) is 2. The molecule has 0 bridgehead atoms. The summed E-state index contributed by atoms with van der Waals surface area (Å²) in [7, 11) is 0. The van der Waals surface area contributed by atoms with E-state index >= 15 is 0 Å². The van der Waals surface area contributed by atoms with Crippen LogP contribution in [0.1, 0.15) is 12.8 Å². The second-order valence-corrected chi connectivity index (χ2v) is 3.80.